The maximum atomic E-state index is 11.8. The third-order valence-corrected chi connectivity index (χ3v) is 4.26. The molecule has 1 saturated carbocycles. The molecule has 2 aromatic rings. The van der Waals surface area contributed by atoms with Crippen LogP contribution in [0.15, 0.2) is 48.5 Å². The van der Waals surface area contributed by atoms with Crippen LogP contribution in [-0.2, 0) is 11.4 Å². The van der Waals surface area contributed by atoms with Gasteiger partial charge in [0.2, 0.25) is 0 Å². The number of carbonyl (C=O) groups is 1. The zero-order valence-electron chi connectivity index (χ0n) is 15.2. The molecular weight excluding hydrogens is 328 g/mol. The van der Waals surface area contributed by atoms with Crippen LogP contribution in [0.25, 0.3) is 6.08 Å². The first-order chi connectivity index (χ1) is 12.7. The fourth-order valence-electron chi connectivity index (χ4n) is 2.70. The van der Waals surface area contributed by atoms with Gasteiger partial charge in [0.25, 0.3) is 0 Å². The predicted molar refractivity (Wildman–Crippen MR) is 102 cm³/mol. The smallest absolute Gasteiger partial charge is 0.161 e. The zero-order chi connectivity index (χ0) is 18.4. The number of rotatable bonds is 9. The molecule has 26 heavy (non-hydrogen) atoms. The summed E-state index contributed by atoms with van der Waals surface area (Å²) in [6.07, 6.45) is 5.57. The number of methoxy groups -OCH3 is 1. The van der Waals surface area contributed by atoms with Gasteiger partial charge in [-0.1, -0.05) is 24.3 Å². The van der Waals surface area contributed by atoms with Gasteiger partial charge in [0.05, 0.1) is 13.7 Å². The summed E-state index contributed by atoms with van der Waals surface area (Å²) in [6, 6.07) is 13.4. The van der Waals surface area contributed by atoms with Crippen LogP contribution in [0.5, 0.6) is 17.2 Å². The summed E-state index contributed by atoms with van der Waals surface area (Å²) in [5.41, 5.74) is 1.87. The van der Waals surface area contributed by atoms with Crippen molar-refractivity contribution >= 4 is 11.9 Å². The Hall–Kier alpha value is -2.75. The first-order valence-electron chi connectivity index (χ1n) is 8.94. The zero-order valence-corrected chi connectivity index (χ0v) is 15.2. The van der Waals surface area contributed by atoms with Gasteiger partial charge in [0.15, 0.2) is 17.3 Å². The van der Waals surface area contributed by atoms with E-state index in [1.54, 1.807) is 13.2 Å². The summed E-state index contributed by atoms with van der Waals surface area (Å²) < 4.78 is 17.0. The monoisotopic (exact) mass is 352 g/mol. The van der Waals surface area contributed by atoms with Crippen molar-refractivity contribution in [2.24, 2.45) is 5.92 Å². The van der Waals surface area contributed by atoms with Crippen LogP contribution in [0.3, 0.4) is 0 Å². The molecule has 0 N–H and O–H groups in total. The Morgan fingerprint density at radius 2 is 1.81 bits per heavy atom. The van der Waals surface area contributed by atoms with Crippen molar-refractivity contribution in [2.45, 2.75) is 26.4 Å². The largest absolute Gasteiger partial charge is 0.496 e. The molecule has 1 aliphatic carbocycles. The maximum absolute atomic E-state index is 11.8. The highest BCUT2D eigenvalue weighted by molar-refractivity contribution is 5.96. The first kappa shape index (κ1) is 18.1. The molecule has 1 fully saturated rings. The standard InChI is InChI=1S/C22H24O4/c1-3-25-21-6-4-5-7-22(21)26-15-18-14-16(9-13-20(18)24-2)8-12-19(23)17-10-11-17/h4-9,12-14,17H,3,10-11,15H2,1-2H3/b12-8+. The average Bonchev–Trinajstić information content (AvgIpc) is 3.51. The number of hydrogen-bond donors (Lipinski definition) is 0. The molecule has 0 radical (unpaired) electrons. The molecule has 0 saturated heterocycles. The van der Waals surface area contributed by atoms with E-state index >= 15 is 0 Å². The summed E-state index contributed by atoms with van der Waals surface area (Å²) in [7, 11) is 1.64. The summed E-state index contributed by atoms with van der Waals surface area (Å²) >= 11 is 0. The number of hydrogen-bond acceptors (Lipinski definition) is 4. The second kappa shape index (κ2) is 8.56. The lowest BCUT2D eigenvalue weighted by Crippen LogP contribution is -2.01. The Balaban J connectivity index is 1.73. The van der Waals surface area contributed by atoms with Crippen LogP contribution in [0.2, 0.25) is 0 Å². The molecule has 0 aliphatic heterocycles. The van der Waals surface area contributed by atoms with Crippen molar-refractivity contribution in [2.75, 3.05) is 13.7 Å². The molecule has 0 amide bonds. The fraction of sp³-hybridized carbons (Fsp3) is 0.318. The van der Waals surface area contributed by atoms with Crippen LogP contribution < -0.4 is 14.2 Å². The number of benzene rings is 2. The average molecular weight is 352 g/mol. The van der Waals surface area contributed by atoms with E-state index in [1.165, 1.54) is 0 Å². The van der Waals surface area contributed by atoms with Crippen molar-refractivity contribution in [3.63, 3.8) is 0 Å². The Morgan fingerprint density at radius 1 is 1.08 bits per heavy atom. The summed E-state index contributed by atoms with van der Waals surface area (Å²) in [5.74, 6) is 2.62. The lowest BCUT2D eigenvalue weighted by Gasteiger charge is -2.14. The summed E-state index contributed by atoms with van der Waals surface area (Å²) in [4.78, 5) is 11.8. The van der Waals surface area contributed by atoms with Crippen molar-refractivity contribution in [1.82, 2.24) is 0 Å². The number of ether oxygens (including phenoxy) is 3. The highest BCUT2D eigenvalue weighted by Crippen LogP contribution is 2.31. The van der Waals surface area contributed by atoms with Crippen LogP contribution in [0.1, 0.15) is 30.9 Å². The Morgan fingerprint density at radius 3 is 2.46 bits per heavy atom. The third-order valence-electron chi connectivity index (χ3n) is 4.26. The number of para-hydroxylation sites is 2. The maximum Gasteiger partial charge on any atom is 0.161 e. The van der Waals surface area contributed by atoms with E-state index in [1.807, 2.05) is 55.5 Å². The van der Waals surface area contributed by atoms with Crippen molar-refractivity contribution in [3.8, 4) is 17.2 Å². The number of allylic oxidation sites excluding steroid dienone is 1. The Kier molecular flexibility index (Phi) is 5.95. The molecular formula is C22H24O4. The van der Waals surface area contributed by atoms with Gasteiger partial charge in [-0.25, -0.2) is 0 Å². The van der Waals surface area contributed by atoms with Gasteiger partial charge >= 0.3 is 0 Å². The van der Waals surface area contributed by atoms with E-state index < -0.39 is 0 Å². The van der Waals surface area contributed by atoms with Gasteiger partial charge < -0.3 is 14.2 Å². The third kappa shape index (κ3) is 4.66. The van der Waals surface area contributed by atoms with E-state index in [0.29, 0.717) is 19.0 Å². The van der Waals surface area contributed by atoms with E-state index in [2.05, 4.69) is 0 Å². The van der Waals surface area contributed by atoms with Gasteiger partial charge in [-0.2, -0.15) is 0 Å². The fourth-order valence-corrected chi connectivity index (χ4v) is 2.70. The molecule has 1 aliphatic rings. The van der Waals surface area contributed by atoms with Crippen LogP contribution >= 0.6 is 0 Å². The van der Waals surface area contributed by atoms with Gasteiger partial charge in [-0.15, -0.1) is 0 Å². The van der Waals surface area contributed by atoms with Crippen molar-refractivity contribution < 1.29 is 19.0 Å². The van der Waals surface area contributed by atoms with Crippen LogP contribution in [0, 0.1) is 5.92 Å². The lowest BCUT2D eigenvalue weighted by atomic mass is 10.1. The molecule has 2 aromatic carbocycles. The van der Waals surface area contributed by atoms with Gasteiger partial charge in [-0.3, -0.25) is 4.79 Å². The van der Waals surface area contributed by atoms with E-state index in [0.717, 1.165) is 35.5 Å². The summed E-state index contributed by atoms with van der Waals surface area (Å²) in [6.45, 7) is 2.88. The second-order valence-electron chi connectivity index (χ2n) is 6.25. The topological polar surface area (TPSA) is 44.8 Å². The molecule has 3 rings (SSSR count). The van der Waals surface area contributed by atoms with Gasteiger partial charge in [-0.05, 0) is 55.7 Å². The molecule has 4 heteroatoms. The van der Waals surface area contributed by atoms with Gasteiger partial charge in [0.1, 0.15) is 12.4 Å². The minimum Gasteiger partial charge on any atom is -0.496 e. The van der Waals surface area contributed by atoms with Crippen LogP contribution in [0.4, 0.5) is 0 Å². The number of ketones is 1. The lowest BCUT2D eigenvalue weighted by molar-refractivity contribution is -0.115. The molecule has 0 spiro atoms. The first-order valence-corrected chi connectivity index (χ1v) is 8.94. The van der Waals surface area contributed by atoms with Crippen molar-refractivity contribution in [3.05, 3.63) is 59.7 Å². The van der Waals surface area contributed by atoms with E-state index in [-0.39, 0.29) is 11.7 Å². The molecule has 0 atom stereocenters. The highest BCUT2D eigenvalue weighted by atomic mass is 16.5. The van der Waals surface area contributed by atoms with Gasteiger partial charge in [0, 0.05) is 11.5 Å². The quantitative estimate of drug-likeness (QED) is 0.616. The molecule has 4 nitrogen and oxygen atoms in total. The SMILES string of the molecule is CCOc1ccccc1OCc1cc(/C=C/C(=O)C2CC2)ccc1OC. The van der Waals surface area contributed by atoms with E-state index in [4.69, 9.17) is 14.2 Å². The normalized spacial score (nSPS) is 13.6. The molecule has 0 bridgehead atoms. The Bertz CT molecular complexity index is 790. The minimum atomic E-state index is 0.212. The highest BCUT2D eigenvalue weighted by Gasteiger charge is 2.27. The second-order valence-corrected chi connectivity index (χ2v) is 6.25. The van der Waals surface area contributed by atoms with Crippen LogP contribution in [-0.4, -0.2) is 19.5 Å². The molecule has 0 unspecified atom stereocenters. The minimum absolute atomic E-state index is 0.212. The number of carbonyl (C=O) groups excluding carboxylic acids is 1. The Labute approximate surface area is 154 Å². The van der Waals surface area contributed by atoms with Crippen molar-refractivity contribution in [1.29, 1.82) is 0 Å². The summed E-state index contributed by atoms with van der Waals surface area (Å²) in [5, 5.41) is 0. The molecule has 0 aromatic heterocycles. The molecule has 136 valence electrons. The molecule has 0 heterocycles. The van der Waals surface area contributed by atoms with E-state index in [9.17, 15) is 4.79 Å². The predicted octanol–water partition coefficient (Wildman–Crippen LogP) is 4.67.